The number of rotatable bonds is 2. The SMILES string of the molecule is CC(C)=C(C=O)c1ccc(C)cc1. The van der Waals surface area contributed by atoms with Crippen molar-refractivity contribution in [2.45, 2.75) is 20.8 Å². The van der Waals surface area contributed by atoms with E-state index in [2.05, 4.69) is 0 Å². The van der Waals surface area contributed by atoms with Crippen LogP contribution in [-0.2, 0) is 4.79 Å². The van der Waals surface area contributed by atoms with Crippen LogP contribution in [0.1, 0.15) is 25.0 Å². The number of carbonyl (C=O) groups excluding carboxylic acids is 1. The number of aryl methyl sites for hydroxylation is 1. The van der Waals surface area contributed by atoms with Gasteiger partial charge in [-0.25, -0.2) is 0 Å². The summed E-state index contributed by atoms with van der Waals surface area (Å²) in [5.41, 5.74) is 4.06. The first-order chi connectivity index (χ1) is 6.15. The van der Waals surface area contributed by atoms with Gasteiger partial charge in [0.25, 0.3) is 0 Å². The molecule has 1 nitrogen and oxygen atoms in total. The third-order valence-corrected chi connectivity index (χ3v) is 2.02. The predicted octanol–water partition coefficient (Wildman–Crippen LogP) is 2.99. The normalized spacial score (nSPS) is 9.46. The van der Waals surface area contributed by atoms with Crippen LogP contribution in [0.25, 0.3) is 5.57 Å². The largest absolute Gasteiger partial charge is 0.298 e. The Hall–Kier alpha value is -1.37. The number of carbonyl (C=O) groups is 1. The van der Waals surface area contributed by atoms with E-state index in [0.717, 1.165) is 23.0 Å². The fraction of sp³-hybridized carbons (Fsp3) is 0.250. The zero-order chi connectivity index (χ0) is 9.84. The first kappa shape index (κ1) is 9.72. The van der Waals surface area contributed by atoms with E-state index in [9.17, 15) is 4.79 Å². The zero-order valence-corrected chi connectivity index (χ0v) is 8.29. The van der Waals surface area contributed by atoms with Crippen molar-refractivity contribution >= 4 is 11.9 Å². The van der Waals surface area contributed by atoms with Gasteiger partial charge in [0.1, 0.15) is 0 Å². The molecule has 0 fully saturated rings. The van der Waals surface area contributed by atoms with Gasteiger partial charge in [-0.05, 0) is 26.3 Å². The van der Waals surface area contributed by atoms with Crippen molar-refractivity contribution in [2.75, 3.05) is 0 Å². The first-order valence-corrected chi connectivity index (χ1v) is 4.35. The van der Waals surface area contributed by atoms with Crippen molar-refractivity contribution in [1.82, 2.24) is 0 Å². The van der Waals surface area contributed by atoms with Crippen molar-refractivity contribution in [3.05, 3.63) is 41.0 Å². The lowest BCUT2D eigenvalue weighted by molar-refractivity contribution is -0.103. The van der Waals surface area contributed by atoms with E-state index < -0.39 is 0 Å². The molecule has 0 bridgehead atoms. The third kappa shape index (κ3) is 2.28. The molecule has 0 aromatic heterocycles. The molecule has 0 amide bonds. The van der Waals surface area contributed by atoms with Gasteiger partial charge < -0.3 is 0 Å². The van der Waals surface area contributed by atoms with Crippen LogP contribution >= 0.6 is 0 Å². The summed E-state index contributed by atoms with van der Waals surface area (Å²) in [6.07, 6.45) is 0.917. The van der Waals surface area contributed by atoms with Crippen LogP contribution in [0.2, 0.25) is 0 Å². The van der Waals surface area contributed by atoms with Crippen molar-refractivity contribution in [2.24, 2.45) is 0 Å². The lowest BCUT2D eigenvalue weighted by atomic mass is 10.0. The lowest BCUT2D eigenvalue weighted by Gasteiger charge is -2.02. The van der Waals surface area contributed by atoms with E-state index in [4.69, 9.17) is 0 Å². The molecule has 0 aliphatic heterocycles. The summed E-state index contributed by atoms with van der Waals surface area (Å²) in [6, 6.07) is 7.99. The van der Waals surface area contributed by atoms with E-state index in [1.807, 2.05) is 45.0 Å². The molecule has 0 saturated heterocycles. The topological polar surface area (TPSA) is 17.1 Å². The summed E-state index contributed by atoms with van der Waals surface area (Å²) in [4.78, 5) is 10.8. The number of aldehydes is 1. The van der Waals surface area contributed by atoms with Crippen molar-refractivity contribution < 1.29 is 4.79 Å². The molecule has 0 N–H and O–H groups in total. The minimum atomic E-state index is 0.792. The fourth-order valence-electron chi connectivity index (χ4n) is 1.21. The minimum Gasteiger partial charge on any atom is -0.298 e. The standard InChI is InChI=1S/C12H14O/c1-9(2)12(8-13)11-6-4-10(3)5-7-11/h4-8H,1-3H3. The second-order valence-electron chi connectivity index (χ2n) is 3.40. The highest BCUT2D eigenvalue weighted by Gasteiger charge is 2.00. The van der Waals surface area contributed by atoms with Crippen LogP contribution in [0.15, 0.2) is 29.8 Å². The van der Waals surface area contributed by atoms with Crippen LogP contribution in [-0.4, -0.2) is 6.29 Å². The summed E-state index contributed by atoms with van der Waals surface area (Å²) in [7, 11) is 0. The van der Waals surface area contributed by atoms with Gasteiger partial charge in [0.15, 0.2) is 6.29 Å². The summed E-state index contributed by atoms with van der Waals surface area (Å²) in [6.45, 7) is 5.93. The molecule has 0 aliphatic rings. The van der Waals surface area contributed by atoms with Gasteiger partial charge in [-0.1, -0.05) is 35.4 Å². The molecule has 0 atom stereocenters. The molecule has 1 heteroatoms. The lowest BCUT2D eigenvalue weighted by Crippen LogP contribution is -1.88. The van der Waals surface area contributed by atoms with Crippen LogP contribution < -0.4 is 0 Å². The Morgan fingerprint density at radius 2 is 1.69 bits per heavy atom. The molecule has 13 heavy (non-hydrogen) atoms. The molecule has 0 aliphatic carbocycles. The molecular formula is C12H14O. The van der Waals surface area contributed by atoms with Gasteiger partial charge in [-0.2, -0.15) is 0 Å². The minimum absolute atomic E-state index is 0.792. The quantitative estimate of drug-likeness (QED) is 0.497. The maximum Gasteiger partial charge on any atom is 0.150 e. The molecule has 0 heterocycles. The molecule has 1 aromatic carbocycles. The van der Waals surface area contributed by atoms with Crippen molar-refractivity contribution in [3.8, 4) is 0 Å². The average Bonchev–Trinajstić information content (AvgIpc) is 2.09. The maximum atomic E-state index is 10.8. The van der Waals surface area contributed by atoms with E-state index in [-0.39, 0.29) is 0 Å². The van der Waals surface area contributed by atoms with Crippen LogP contribution in [0.3, 0.4) is 0 Å². The highest BCUT2D eigenvalue weighted by atomic mass is 16.1. The number of hydrogen-bond acceptors (Lipinski definition) is 1. The molecule has 0 radical (unpaired) electrons. The number of allylic oxidation sites excluding steroid dienone is 2. The van der Waals surface area contributed by atoms with Crippen LogP contribution in [0, 0.1) is 6.92 Å². The summed E-state index contributed by atoms with van der Waals surface area (Å²) >= 11 is 0. The molecular weight excluding hydrogens is 160 g/mol. The van der Waals surface area contributed by atoms with Gasteiger partial charge in [0.2, 0.25) is 0 Å². The van der Waals surface area contributed by atoms with Gasteiger partial charge in [0.05, 0.1) is 0 Å². The predicted molar refractivity (Wildman–Crippen MR) is 55.5 cm³/mol. The van der Waals surface area contributed by atoms with E-state index >= 15 is 0 Å². The first-order valence-electron chi connectivity index (χ1n) is 4.35. The highest BCUT2D eigenvalue weighted by molar-refractivity contribution is 6.07. The monoisotopic (exact) mass is 174 g/mol. The third-order valence-electron chi connectivity index (χ3n) is 2.02. The average molecular weight is 174 g/mol. The molecule has 0 unspecified atom stereocenters. The maximum absolute atomic E-state index is 10.8. The molecule has 68 valence electrons. The molecule has 0 spiro atoms. The van der Waals surface area contributed by atoms with E-state index in [1.165, 1.54) is 5.56 Å². The number of hydrogen-bond donors (Lipinski definition) is 0. The molecule has 1 rings (SSSR count). The van der Waals surface area contributed by atoms with Crippen molar-refractivity contribution in [3.63, 3.8) is 0 Å². The van der Waals surface area contributed by atoms with Crippen molar-refractivity contribution in [1.29, 1.82) is 0 Å². The van der Waals surface area contributed by atoms with Gasteiger partial charge in [-0.15, -0.1) is 0 Å². The van der Waals surface area contributed by atoms with E-state index in [0.29, 0.717) is 0 Å². The second-order valence-corrected chi connectivity index (χ2v) is 3.40. The summed E-state index contributed by atoms with van der Waals surface area (Å²) < 4.78 is 0. The fourth-order valence-corrected chi connectivity index (χ4v) is 1.21. The molecule has 1 aromatic rings. The Morgan fingerprint density at radius 1 is 1.15 bits per heavy atom. The van der Waals surface area contributed by atoms with E-state index in [1.54, 1.807) is 0 Å². The molecule has 0 saturated carbocycles. The Balaban J connectivity index is 3.15. The smallest absolute Gasteiger partial charge is 0.150 e. The van der Waals surface area contributed by atoms with Gasteiger partial charge in [-0.3, -0.25) is 4.79 Å². The highest BCUT2D eigenvalue weighted by Crippen LogP contribution is 2.16. The Bertz CT molecular complexity index is 327. The Morgan fingerprint density at radius 3 is 2.08 bits per heavy atom. The second kappa shape index (κ2) is 4.04. The number of benzene rings is 1. The summed E-state index contributed by atoms with van der Waals surface area (Å²) in [5, 5.41) is 0. The van der Waals surface area contributed by atoms with Gasteiger partial charge >= 0.3 is 0 Å². The Labute approximate surface area is 79.1 Å². The van der Waals surface area contributed by atoms with Crippen LogP contribution in [0.4, 0.5) is 0 Å². The van der Waals surface area contributed by atoms with Gasteiger partial charge in [0, 0.05) is 5.57 Å². The Kier molecular flexibility index (Phi) is 3.02. The van der Waals surface area contributed by atoms with Crippen LogP contribution in [0.5, 0.6) is 0 Å². The summed E-state index contributed by atoms with van der Waals surface area (Å²) in [5.74, 6) is 0. The zero-order valence-electron chi connectivity index (χ0n) is 8.29.